The number of hydrogen-bond donors (Lipinski definition) is 1. The van der Waals surface area contributed by atoms with Crippen molar-refractivity contribution in [2.75, 3.05) is 11.1 Å². The van der Waals surface area contributed by atoms with Crippen LogP contribution >= 0.6 is 11.8 Å². The quantitative estimate of drug-likeness (QED) is 0.648. The lowest BCUT2D eigenvalue weighted by Crippen LogP contribution is -2.12. The summed E-state index contributed by atoms with van der Waals surface area (Å²) >= 11 is 1.17. The summed E-state index contributed by atoms with van der Waals surface area (Å²) in [5, 5.41) is 10.4. The van der Waals surface area contributed by atoms with Gasteiger partial charge in [-0.15, -0.1) is 10.2 Å². The summed E-state index contributed by atoms with van der Waals surface area (Å²) in [6.45, 7) is 0. The van der Waals surface area contributed by atoms with Gasteiger partial charge in [0.2, 0.25) is 11.8 Å². The van der Waals surface area contributed by atoms with Gasteiger partial charge in [0.05, 0.1) is 0 Å². The molecular weight excluding hydrogens is 367 g/mol. The van der Waals surface area contributed by atoms with Crippen LogP contribution in [0, 0.1) is 17.5 Å². The van der Waals surface area contributed by atoms with Gasteiger partial charge in [0.1, 0.15) is 5.82 Å². The van der Waals surface area contributed by atoms with Gasteiger partial charge in [-0.25, -0.2) is 13.2 Å². The van der Waals surface area contributed by atoms with E-state index in [0.717, 1.165) is 12.1 Å². The molecule has 0 aliphatic heterocycles. The molecule has 1 amide bonds. The smallest absolute Gasteiger partial charge is 0.276 e. The summed E-state index contributed by atoms with van der Waals surface area (Å²) in [6.07, 6.45) is 0.109. The Balaban J connectivity index is 1.49. The average Bonchev–Trinajstić information content (AvgIpc) is 3.08. The number of halogens is 3. The molecule has 0 unspecified atom stereocenters. The highest BCUT2D eigenvalue weighted by Crippen LogP contribution is 2.24. The summed E-state index contributed by atoms with van der Waals surface area (Å²) in [5.74, 6) is -2.14. The molecule has 0 spiro atoms. The van der Waals surface area contributed by atoms with Gasteiger partial charge in [0.25, 0.3) is 5.22 Å². The van der Waals surface area contributed by atoms with Crippen molar-refractivity contribution < 1.29 is 22.4 Å². The number of hydrogen-bond acceptors (Lipinski definition) is 5. The Kier molecular flexibility index (Phi) is 5.57. The molecule has 0 fully saturated rings. The van der Waals surface area contributed by atoms with Crippen molar-refractivity contribution in [2.24, 2.45) is 0 Å². The van der Waals surface area contributed by atoms with Crippen LogP contribution in [-0.4, -0.2) is 21.9 Å². The van der Waals surface area contributed by atoms with Gasteiger partial charge in [-0.1, -0.05) is 11.8 Å². The van der Waals surface area contributed by atoms with Crippen LogP contribution < -0.4 is 5.32 Å². The summed E-state index contributed by atoms with van der Waals surface area (Å²) in [6, 6.07) is 8.74. The predicted molar refractivity (Wildman–Crippen MR) is 90.0 cm³/mol. The SMILES string of the molecule is O=C(CCSc1nnc(-c2ccc(F)cc2)o1)Nc1ccc(F)c(F)c1. The molecule has 0 saturated heterocycles. The molecule has 0 aliphatic carbocycles. The third-order valence-electron chi connectivity index (χ3n) is 3.26. The van der Waals surface area contributed by atoms with Crippen LogP contribution in [0.5, 0.6) is 0 Å². The molecule has 26 heavy (non-hydrogen) atoms. The molecule has 9 heteroatoms. The lowest BCUT2D eigenvalue weighted by atomic mass is 10.2. The largest absolute Gasteiger partial charge is 0.411 e. The van der Waals surface area contributed by atoms with Crippen LogP contribution in [-0.2, 0) is 4.79 Å². The predicted octanol–water partition coefficient (Wildman–Crippen LogP) is 4.27. The van der Waals surface area contributed by atoms with E-state index >= 15 is 0 Å². The molecule has 0 radical (unpaired) electrons. The Morgan fingerprint density at radius 1 is 1.04 bits per heavy atom. The maximum atomic E-state index is 13.1. The number of amides is 1. The lowest BCUT2D eigenvalue weighted by molar-refractivity contribution is -0.115. The van der Waals surface area contributed by atoms with Crippen LogP contribution in [0.3, 0.4) is 0 Å². The number of aromatic nitrogens is 2. The first-order chi connectivity index (χ1) is 12.5. The maximum Gasteiger partial charge on any atom is 0.276 e. The number of rotatable bonds is 6. The highest BCUT2D eigenvalue weighted by atomic mass is 32.2. The molecule has 0 aliphatic rings. The first kappa shape index (κ1) is 18.0. The lowest BCUT2D eigenvalue weighted by Gasteiger charge is -2.04. The Morgan fingerprint density at radius 2 is 1.81 bits per heavy atom. The molecule has 0 saturated carbocycles. The van der Waals surface area contributed by atoms with Gasteiger partial charge >= 0.3 is 0 Å². The number of benzene rings is 2. The number of nitrogens with zero attached hydrogens (tertiary/aromatic N) is 2. The highest BCUT2D eigenvalue weighted by Gasteiger charge is 2.11. The molecule has 1 aromatic heterocycles. The van der Waals surface area contributed by atoms with Crippen molar-refractivity contribution in [3.05, 3.63) is 59.9 Å². The van der Waals surface area contributed by atoms with Crippen LogP contribution in [0.1, 0.15) is 6.42 Å². The topological polar surface area (TPSA) is 68.0 Å². The third kappa shape index (κ3) is 4.63. The van der Waals surface area contributed by atoms with Gasteiger partial charge in [-0.05, 0) is 36.4 Å². The zero-order valence-electron chi connectivity index (χ0n) is 13.2. The van der Waals surface area contributed by atoms with Gasteiger partial charge in [0.15, 0.2) is 11.6 Å². The zero-order valence-corrected chi connectivity index (χ0v) is 14.0. The maximum absolute atomic E-state index is 13.1. The fraction of sp³-hybridized carbons (Fsp3) is 0.118. The number of anilines is 1. The number of thioether (sulfide) groups is 1. The summed E-state index contributed by atoms with van der Waals surface area (Å²) in [7, 11) is 0. The van der Waals surface area contributed by atoms with Crippen molar-refractivity contribution in [2.45, 2.75) is 11.6 Å². The van der Waals surface area contributed by atoms with Gasteiger partial charge in [-0.3, -0.25) is 4.79 Å². The minimum Gasteiger partial charge on any atom is -0.411 e. The Hall–Kier alpha value is -2.81. The standard InChI is InChI=1S/C17H12F3N3O2S/c18-11-3-1-10(2-4-11)16-22-23-17(25-16)26-8-7-15(24)21-12-5-6-13(19)14(20)9-12/h1-6,9H,7-8H2,(H,21,24). The minimum absolute atomic E-state index is 0.109. The fourth-order valence-electron chi connectivity index (χ4n) is 2.01. The minimum atomic E-state index is -1.03. The van der Waals surface area contributed by atoms with E-state index in [9.17, 15) is 18.0 Å². The van der Waals surface area contributed by atoms with E-state index in [1.807, 2.05) is 0 Å². The summed E-state index contributed by atoms with van der Waals surface area (Å²) in [5.41, 5.74) is 0.761. The molecular formula is C17H12F3N3O2S. The van der Waals surface area contributed by atoms with Crippen LogP contribution in [0.4, 0.5) is 18.9 Å². The fourth-order valence-corrected chi connectivity index (χ4v) is 2.70. The Labute approximate surface area is 150 Å². The van der Waals surface area contributed by atoms with E-state index in [1.54, 1.807) is 0 Å². The van der Waals surface area contributed by atoms with Crippen molar-refractivity contribution in [1.82, 2.24) is 10.2 Å². The number of nitrogens with one attached hydrogen (secondary N) is 1. The van der Waals surface area contributed by atoms with Crippen LogP contribution in [0.15, 0.2) is 52.1 Å². The van der Waals surface area contributed by atoms with E-state index in [0.29, 0.717) is 11.3 Å². The molecule has 1 N–H and O–H groups in total. The van der Waals surface area contributed by atoms with Crippen LogP contribution in [0.2, 0.25) is 0 Å². The first-order valence-corrected chi connectivity index (χ1v) is 8.47. The van der Waals surface area contributed by atoms with Crippen molar-refractivity contribution in [3.8, 4) is 11.5 Å². The zero-order chi connectivity index (χ0) is 18.5. The highest BCUT2D eigenvalue weighted by molar-refractivity contribution is 7.99. The van der Waals surface area contributed by atoms with E-state index in [1.165, 1.54) is 42.1 Å². The van der Waals surface area contributed by atoms with E-state index in [4.69, 9.17) is 4.42 Å². The molecule has 2 aromatic carbocycles. The third-order valence-corrected chi connectivity index (χ3v) is 4.08. The Bertz CT molecular complexity index is 916. The summed E-state index contributed by atoms with van der Waals surface area (Å²) in [4.78, 5) is 11.8. The second-order valence-electron chi connectivity index (χ2n) is 5.16. The molecule has 134 valence electrons. The molecule has 0 bridgehead atoms. The van der Waals surface area contributed by atoms with E-state index in [-0.39, 0.29) is 34.9 Å². The van der Waals surface area contributed by atoms with Gasteiger partial charge < -0.3 is 9.73 Å². The van der Waals surface area contributed by atoms with Crippen molar-refractivity contribution in [1.29, 1.82) is 0 Å². The van der Waals surface area contributed by atoms with Crippen LogP contribution in [0.25, 0.3) is 11.5 Å². The second-order valence-corrected chi connectivity index (χ2v) is 6.20. The normalized spacial score (nSPS) is 10.7. The number of carbonyl (C=O) groups excluding carboxylic acids is 1. The molecule has 1 heterocycles. The monoisotopic (exact) mass is 379 g/mol. The van der Waals surface area contributed by atoms with Crippen molar-refractivity contribution >= 4 is 23.4 Å². The van der Waals surface area contributed by atoms with E-state index < -0.39 is 11.6 Å². The number of carbonyl (C=O) groups is 1. The molecule has 3 aromatic rings. The van der Waals surface area contributed by atoms with Crippen molar-refractivity contribution in [3.63, 3.8) is 0 Å². The first-order valence-electron chi connectivity index (χ1n) is 7.48. The molecule has 0 atom stereocenters. The second kappa shape index (κ2) is 8.05. The Morgan fingerprint density at radius 3 is 2.54 bits per heavy atom. The average molecular weight is 379 g/mol. The molecule has 3 rings (SSSR count). The van der Waals surface area contributed by atoms with Gasteiger partial charge in [-0.2, -0.15) is 0 Å². The van der Waals surface area contributed by atoms with Gasteiger partial charge in [0, 0.05) is 29.5 Å². The summed E-state index contributed by atoms with van der Waals surface area (Å²) < 4.78 is 44.3. The molecule has 5 nitrogen and oxygen atoms in total. The van der Waals surface area contributed by atoms with E-state index in [2.05, 4.69) is 15.5 Å².